The fourth-order valence-corrected chi connectivity index (χ4v) is 3.86. The highest BCUT2D eigenvalue weighted by Gasteiger charge is 2.27. The van der Waals surface area contributed by atoms with Gasteiger partial charge in [0, 0.05) is 14.1 Å². The van der Waals surface area contributed by atoms with E-state index in [1.54, 1.807) is 0 Å². The molecule has 0 aliphatic carbocycles. The lowest BCUT2D eigenvalue weighted by atomic mass is 10.5. The summed E-state index contributed by atoms with van der Waals surface area (Å²) in [5.41, 5.74) is 0. The number of aromatic nitrogens is 2. The molecule has 0 spiro atoms. The van der Waals surface area contributed by atoms with E-state index in [1.807, 2.05) is 0 Å². The van der Waals surface area contributed by atoms with Gasteiger partial charge in [-0.05, 0) is 12.1 Å². The van der Waals surface area contributed by atoms with E-state index in [2.05, 4.69) is 15.5 Å². The molecule has 24 heavy (non-hydrogen) atoms. The van der Waals surface area contributed by atoms with Crippen LogP contribution in [-0.4, -0.2) is 49.7 Å². The quantitative estimate of drug-likeness (QED) is 0.712. The lowest BCUT2D eigenvalue weighted by Gasteiger charge is -2.07. The Hall–Kier alpha value is -1.31. The summed E-state index contributed by atoms with van der Waals surface area (Å²) < 4.78 is 66.8. The lowest BCUT2D eigenvalue weighted by molar-refractivity contribution is -0.115. The Morgan fingerprint density at radius 1 is 1.33 bits per heavy atom. The lowest BCUT2D eigenvalue weighted by Crippen LogP contribution is -2.21. The summed E-state index contributed by atoms with van der Waals surface area (Å²) in [6, 6.07) is 2.87. The zero-order chi connectivity index (χ0) is 18.0. The Bertz CT molecular complexity index is 786. The number of nitrogens with one attached hydrogen (secondary N) is 1. The molecule has 0 aromatic carbocycles. The Labute approximate surface area is 144 Å². The van der Waals surface area contributed by atoms with Crippen molar-refractivity contribution < 1.29 is 26.0 Å². The zero-order valence-electron chi connectivity index (χ0n) is 12.5. The minimum atomic E-state index is -4.33. The van der Waals surface area contributed by atoms with Crippen molar-refractivity contribution in [2.24, 2.45) is 0 Å². The second kappa shape index (κ2) is 7.29. The molecule has 0 atom stereocenters. The largest absolute Gasteiger partial charge is 0.447 e. The molecule has 0 amide bonds. The van der Waals surface area contributed by atoms with Crippen LogP contribution in [0.15, 0.2) is 26.0 Å². The first-order chi connectivity index (χ1) is 11.1. The normalized spacial score (nSPS) is 12.8. The first kappa shape index (κ1) is 19.0. The Morgan fingerprint density at radius 3 is 2.67 bits per heavy atom. The highest BCUT2D eigenvalue weighted by atomic mass is 32.2. The predicted octanol–water partition coefficient (Wildman–Crippen LogP) is 2.65. The molecule has 2 aromatic heterocycles. The molecule has 2 heterocycles. The van der Waals surface area contributed by atoms with Crippen molar-refractivity contribution in [2.75, 3.05) is 26.0 Å². The molecule has 7 nitrogen and oxygen atoms in total. The van der Waals surface area contributed by atoms with Gasteiger partial charge in [-0.15, -0.1) is 10.2 Å². The average Bonchev–Trinajstić information content (AvgIpc) is 3.11. The first-order valence-electron chi connectivity index (χ1n) is 6.36. The van der Waals surface area contributed by atoms with Crippen molar-refractivity contribution in [1.29, 1.82) is 0 Å². The average molecular weight is 402 g/mol. The number of anilines is 1. The number of hydrogen-bond acceptors (Lipinski definition) is 8. The molecule has 0 aliphatic rings. The van der Waals surface area contributed by atoms with Crippen LogP contribution in [-0.2, 0) is 15.8 Å². The summed E-state index contributed by atoms with van der Waals surface area (Å²) in [6.45, 7) is -1.18. The smallest absolute Gasteiger partial charge is 0.405 e. The molecule has 0 saturated carbocycles. The molecule has 134 valence electrons. The summed E-state index contributed by atoms with van der Waals surface area (Å²) in [4.78, 5) is 0. The van der Waals surface area contributed by atoms with Crippen molar-refractivity contribution in [1.82, 2.24) is 14.5 Å². The van der Waals surface area contributed by atoms with Crippen LogP contribution in [0.5, 0.6) is 0 Å². The van der Waals surface area contributed by atoms with Crippen LogP contribution in [0.3, 0.4) is 0 Å². The minimum Gasteiger partial charge on any atom is -0.447 e. The van der Waals surface area contributed by atoms with E-state index in [9.17, 15) is 21.6 Å². The van der Waals surface area contributed by atoms with Gasteiger partial charge in [0.15, 0.2) is 4.34 Å². The molecule has 0 bridgehead atoms. The Morgan fingerprint density at radius 2 is 2.04 bits per heavy atom. The van der Waals surface area contributed by atoms with E-state index in [0.717, 1.165) is 15.6 Å². The van der Waals surface area contributed by atoms with Gasteiger partial charge in [-0.2, -0.15) is 13.2 Å². The van der Waals surface area contributed by atoms with Crippen LogP contribution in [0.1, 0.15) is 5.76 Å². The third kappa shape index (κ3) is 5.09. The number of furan rings is 1. The van der Waals surface area contributed by atoms with Crippen LogP contribution in [0.4, 0.5) is 18.3 Å². The SMILES string of the molecule is CN(C)S(=O)(=O)c1ccc(CSc2nnc(NCC(F)(F)F)s2)o1. The maximum Gasteiger partial charge on any atom is 0.405 e. The van der Waals surface area contributed by atoms with Gasteiger partial charge in [0.05, 0.1) is 5.75 Å². The minimum absolute atomic E-state index is 0.0603. The molecule has 0 aliphatic heterocycles. The Balaban J connectivity index is 1.93. The van der Waals surface area contributed by atoms with Crippen molar-refractivity contribution in [2.45, 2.75) is 21.4 Å². The summed E-state index contributed by atoms with van der Waals surface area (Å²) in [5, 5.41) is 9.38. The van der Waals surface area contributed by atoms with Gasteiger partial charge in [0.2, 0.25) is 10.2 Å². The van der Waals surface area contributed by atoms with Crippen LogP contribution in [0.25, 0.3) is 0 Å². The fourth-order valence-electron chi connectivity index (χ4n) is 1.40. The Kier molecular flexibility index (Phi) is 5.78. The molecule has 0 fully saturated rings. The van der Waals surface area contributed by atoms with E-state index in [0.29, 0.717) is 10.1 Å². The standard InChI is InChI=1S/C11H13F3N4O3S3/c1-18(2)24(19,20)8-4-3-7(21-8)5-22-10-17-16-9(23-10)15-6-11(12,13)14/h3-4H,5-6H2,1-2H3,(H,15,16). The zero-order valence-corrected chi connectivity index (χ0v) is 14.9. The molecule has 0 unspecified atom stereocenters. The number of rotatable bonds is 7. The maximum atomic E-state index is 12.1. The van der Waals surface area contributed by atoms with Crippen LogP contribution in [0.2, 0.25) is 0 Å². The number of alkyl halides is 3. The van der Waals surface area contributed by atoms with E-state index in [1.165, 1.54) is 38.0 Å². The number of hydrogen-bond donors (Lipinski definition) is 1. The monoisotopic (exact) mass is 402 g/mol. The van der Waals surface area contributed by atoms with Crippen molar-refractivity contribution in [3.8, 4) is 0 Å². The molecule has 1 N–H and O–H groups in total. The van der Waals surface area contributed by atoms with Gasteiger partial charge < -0.3 is 9.73 Å². The third-order valence-electron chi connectivity index (χ3n) is 2.56. The fraction of sp³-hybridized carbons (Fsp3) is 0.455. The topological polar surface area (TPSA) is 88.3 Å². The third-order valence-corrected chi connectivity index (χ3v) is 6.28. The number of thioether (sulfide) groups is 1. The van der Waals surface area contributed by atoms with Gasteiger partial charge in [-0.3, -0.25) is 0 Å². The second-order valence-corrected chi connectivity index (χ2v) is 8.92. The molecule has 0 radical (unpaired) electrons. The van der Waals surface area contributed by atoms with Crippen molar-refractivity contribution in [3.05, 3.63) is 17.9 Å². The summed E-state index contributed by atoms with van der Waals surface area (Å²) >= 11 is 2.15. The van der Waals surface area contributed by atoms with Gasteiger partial charge in [0.1, 0.15) is 12.3 Å². The second-order valence-electron chi connectivity index (χ2n) is 4.64. The first-order valence-corrected chi connectivity index (χ1v) is 9.60. The number of sulfonamides is 1. The number of halogens is 3. The van der Waals surface area contributed by atoms with Gasteiger partial charge in [-0.1, -0.05) is 23.1 Å². The van der Waals surface area contributed by atoms with Gasteiger partial charge >= 0.3 is 6.18 Å². The summed E-state index contributed by atoms with van der Waals surface area (Å²) in [7, 11) is -0.857. The van der Waals surface area contributed by atoms with Crippen molar-refractivity contribution >= 4 is 38.3 Å². The van der Waals surface area contributed by atoms with E-state index in [-0.39, 0.29) is 16.0 Å². The predicted molar refractivity (Wildman–Crippen MR) is 83.6 cm³/mol. The molecule has 0 saturated heterocycles. The molecule has 13 heteroatoms. The summed E-state index contributed by atoms with van der Waals surface area (Å²) in [6.07, 6.45) is -4.33. The maximum absolute atomic E-state index is 12.1. The van der Waals surface area contributed by atoms with Crippen LogP contribution >= 0.6 is 23.1 Å². The molecule has 2 aromatic rings. The van der Waals surface area contributed by atoms with E-state index in [4.69, 9.17) is 4.42 Å². The molecule has 2 rings (SSSR count). The summed E-state index contributed by atoms with van der Waals surface area (Å²) in [5.74, 6) is 0.678. The van der Waals surface area contributed by atoms with Gasteiger partial charge in [-0.25, -0.2) is 12.7 Å². The number of nitrogens with zero attached hydrogens (tertiary/aromatic N) is 3. The highest BCUT2D eigenvalue weighted by Crippen LogP contribution is 2.30. The van der Waals surface area contributed by atoms with E-state index >= 15 is 0 Å². The van der Waals surface area contributed by atoms with Crippen molar-refractivity contribution in [3.63, 3.8) is 0 Å². The van der Waals surface area contributed by atoms with E-state index < -0.39 is 22.7 Å². The highest BCUT2D eigenvalue weighted by molar-refractivity contribution is 8.00. The van der Waals surface area contributed by atoms with Gasteiger partial charge in [0.25, 0.3) is 10.0 Å². The molecular weight excluding hydrogens is 389 g/mol. The van der Waals surface area contributed by atoms with Crippen LogP contribution in [0, 0.1) is 0 Å². The van der Waals surface area contributed by atoms with Crippen LogP contribution < -0.4 is 5.32 Å². The molecular formula is C11H13F3N4O3S3.